The first-order valence-corrected chi connectivity index (χ1v) is 7.60. The average molecular weight is 283 g/mol. The van der Waals surface area contributed by atoms with Crippen molar-refractivity contribution in [1.82, 2.24) is 10.6 Å². The summed E-state index contributed by atoms with van der Waals surface area (Å²) in [6, 6.07) is -0.200. The zero-order valence-corrected chi connectivity index (χ0v) is 13.2. The molecule has 0 radical (unpaired) electrons. The second kappa shape index (κ2) is 7.07. The van der Waals surface area contributed by atoms with Crippen LogP contribution in [0.15, 0.2) is 0 Å². The van der Waals surface area contributed by atoms with Crippen LogP contribution in [0.4, 0.5) is 0 Å². The minimum Gasteiger partial charge on any atom is -0.350 e. The van der Waals surface area contributed by atoms with Gasteiger partial charge in [-0.3, -0.25) is 9.59 Å². The molecule has 0 saturated heterocycles. The maximum absolute atomic E-state index is 12.4. The van der Waals surface area contributed by atoms with E-state index in [1.807, 2.05) is 20.8 Å². The van der Waals surface area contributed by atoms with Crippen LogP contribution in [0, 0.1) is 5.92 Å². The van der Waals surface area contributed by atoms with Crippen molar-refractivity contribution in [3.63, 3.8) is 0 Å². The van der Waals surface area contributed by atoms with E-state index in [-0.39, 0.29) is 29.3 Å². The van der Waals surface area contributed by atoms with Crippen molar-refractivity contribution in [3.8, 4) is 0 Å². The van der Waals surface area contributed by atoms with E-state index in [0.717, 1.165) is 25.7 Å². The molecule has 1 aliphatic carbocycles. The summed E-state index contributed by atoms with van der Waals surface area (Å²) in [5, 5.41) is 5.85. The molecule has 1 fully saturated rings. The van der Waals surface area contributed by atoms with Crippen molar-refractivity contribution < 1.29 is 9.59 Å². The smallest absolute Gasteiger partial charge is 0.243 e. The standard InChI is InChI=1S/C15H29N3O2/c1-5-12(19)17-13(14(20)18-15(2,3)4)10-6-8-11(16)9-7-10/h10-11,13H,5-9,16H2,1-4H3,(H,17,19)(H,18,20)/t10?,11?,13-/m0/s1. The van der Waals surface area contributed by atoms with E-state index < -0.39 is 6.04 Å². The first-order valence-electron chi connectivity index (χ1n) is 7.60. The molecular weight excluding hydrogens is 254 g/mol. The molecule has 0 aromatic heterocycles. The van der Waals surface area contributed by atoms with Crippen LogP contribution >= 0.6 is 0 Å². The van der Waals surface area contributed by atoms with E-state index in [4.69, 9.17) is 5.73 Å². The van der Waals surface area contributed by atoms with Gasteiger partial charge in [0.1, 0.15) is 6.04 Å². The van der Waals surface area contributed by atoms with Gasteiger partial charge in [0.25, 0.3) is 0 Å². The monoisotopic (exact) mass is 283 g/mol. The van der Waals surface area contributed by atoms with Crippen molar-refractivity contribution >= 4 is 11.8 Å². The molecule has 5 heteroatoms. The van der Waals surface area contributed by atoms with E-state index >= 15 is 0 Å². The number of nitrogens with two attached hydrogens (primary N) is 1. The largest absolute Gasteiger partial charge is 0.350 e. The molecule has 2 amide bonds. The molecular formula is C15H29N3O2. The lowest BCUT2D eigenvalue weighted by Crippen LogP contribution is -2.55. The van der Waals surface area contributed by atoms with E-state index in [1.165, 1.54) is 0 Å². The number of carbonyl (C=O) groups excluding carboxylic acids is 2. The van der Waals surface area contributed by atoms with Crippen molar-refractivity contribution in [3.05, 3.63) is 0 Å². The van der Waals surface area contributed by atoms with Gasteiger partial charge >= 0.3 is 0 Å². The maximum atomic E-state index is 12.4. The Hall–Kier alpha value is -1.10. The molecule has 0 unspecified atom stereocenters. The number of hydrogen-bond acceptors (Lipinski definition) is 3. The third-order valence-corrected chi connectivity index (χ3v) is 3.71. The van der Waals surface area contributed by atoms with Crippen LogP contribution in [0.5, 0.6) is 0 Å². The Balaban J connectivity index is 2.74. The molecule has 0 aliphatic heterocycles. The van der Waals surface area contributed by atoms with Crippen LogP contribution in [-0.4, -0.2) is 29.4 Å². The minimum absolute atomic E-state index is 0.0751. The summed E-state index contributed by atoms with van der Waals surface area (Å²) < 4.78 is 0. The number of hydrogen-bond donors (Lipinski definition) is 3. The Kier molecular flexibility index (Phi) is 5.99. The Morgan fingerprint density at radius 2 is 1.75 bits per heavy atom. The van der Waals surface area contributed by atoms with Crippen LogP contribution in [0.3, 0.4) is 0 Å². The van der Waals surface area contributed by atoms with Crippen molar-refractivity contribution in [1.29, 1.82) is 0 Å². The number of carbonyl (C=O) groups is 2. The second-order valence-corrected chi connectivity index (χ2v) is 6.81. The van der Waals surface area contributed by atoms with Crippen molar-refractivity contribution in [2.24, 2.45) is 11.7 Å². The first-order chi connectivity index (χ1) is 9.23. The maximum Gasteiger partial charge on any atom is 0.243 e. The Bertz CT molecular complexity index is 342. The summed E-state index contributed by atoms with van der Waals surface area (Å²) in [5.74, 6) is 0.0290. The van der Waals surface area contributed by atoms with Crippen molar-refractivity contribution in [2.45, 2.75) is 77.4 Å². The highest BCUT2D eigenvalue weighted by atomic mass is 16.2. The van der Waals surface area contributed by atoms with Gasteiger partial charge in [-0.25, -0.2) is 0 Å². The van der Waals surface area contributed by atoms with Gasteiger partial charge in [0.15, 0.2) is 0 Å². The second-order valence-electron chi connectivity index (χ2n) is 6.81. The molecule has 1 rings (SSSR count). The van der Waals surface area contributed by atoms with Gasteiger partial charge in [0, 0.05) is 18.0 Å². The Morgan fingerprint density at radius 1 is 1.20 bits per heavy atom. The van der Waals surface area contributed by atoms with Crippen molar-refractivity contribution in [2.75, 3.05) is 0 Å². The summed E-state index contributed by atoms with van der Waals surface area (Å²) in [5.41, 5.74) is 5.62. The minimum atomic E-state index is -0.436. The molecule has 1 atom stereocenters. The van der Waals surface area contributed by atoms with E-state index in [0.29, 0.717) is 6.42 Å². The number of nitrogens with one attached hydrogen (secondary N) is 2. The third kappa shape index (κ3) is 5.49. The molecule has 20 heavy (non-hydrogen) atoms. The van der Waals surface area contributed by atoms with Gasteiger partial charge in [0.2, 0.25) is 11.8 Å². The summed E-state index contributed by atoms with van der Waals surface area (Å²) in [6.45, 7) is 7.63. The highest BCUT2D eigenvalue weighted by Crippen LogP contribution is 2.26. The molecule has 5 nitrogen and oxygen atoms in total. The molecule has 116 valence electrons. The van der Waals surface area contributed by atoms with Crippen LogP contribution in [-0.2, 0) is 9.59 Å². The van der Waals surface area contributed by atoms with Gasteiger partial charge in [-0.15, -0.1) is 0 Å². The molecule has 0 bridgehead atoms. The van der Waals surface area contributed by atoms with Gasteiger partial charge in [-0.05, 0) is 52.4 Å². The lowest BCUT2D eigenvalue weighted by Gasteiger charge is -2.34. The fourth-order valence-corrected chi connectivity index (χ4v) is 2.60. The van der Waals surface area contributed by atoms with Gasteiger partial charge in [0.05, 0.1) is 0 Å². The topological polar surface area (TPSA) is 84.2 Å². The summed E-state index contributed by atoms with van der Waals surface area (Å²) >= 11 is 0. The molecule has 1 aliphatic rings. The van der Waals surface area contributed by atoms with Crippen LogP contribution in [0.2, 0.25) is 0 Å². The highest BCUT2D eigenvalue weighted by Gasteiger charge is 2.33. The van der Waals surface area contributed by atoms with Gasteiger partial charge < -0.3 is 16.4 Å². The normalized spacial score (nSPS) is 24.9. The quantitative estimate of drug-likeness (QED) is 0.727. The van der Waals surface area contributed by atoms with E-state index in [9.17, 15) is 9.59 Å². The molecule has 0 heterocycles. The first kappa shape index (κ1) is 17.0. The lowest BCUT2D eigenvalue weighted by atomic mass is 9.81. The SMILES string of the molecule is CCC(=O)N[C@H](C(=O)NC(C)(C)C)C1CCC(N)CC1. The molecule has 0 spiro atoms. The fraction of sp³-hybridized carbons (Fsp3) is 0.867. The van der Waals surface area contributed by atoms with Crippen LogP contribution in [0.1, 0.15) is 59.8 Å². The molecule has 1 saturated carbocycles. The molecule has 4 N–H and O–H groups in total. The third-order valence-electron chi connectivity index (χ3n) is 3.71. The molecule has 0 aromatic rings. The number of amides is 2. The number of rotatable bonds is 4. The summed E-state index contributed by atoms with van der Waals surface area (Å²) in [6.07, 6.45) is 4.03. The lowest BCUT2D eigenvalue weighted by molar-refractivity contribution is -0.131. The van der Waals surface area contributed by atoms with E-state index in [2.05, 4.69) is 10.6 Å². The fourth-order valence-electron chi connectivity index (χ4n) is 2.60. The van der Waals surface area contributed by atoms with Gasteiger partial charge in [-0.1, -0.05) is 6.92 Å². The van der Waals surface area contributed by atoms with Crippen LogP contribution in [0.25, 0.3) is 0 Å². The predicted molar refractivity (Wildman–Crippen MR) is 80.1 cm³/mol. The Labute approximate surface area is 122 Å². The zero-order valence-electron chi connectivity index (χ0n) is 13.2. The van der Waals surface area contributed by atoms with Gasteiger partial charge in [-0.2, -0.15) is 0 Å². The highest BCUT2D eigenvalue weighted by molar-refractivity contribution is 5.88. The van der Waals surface area contributed by atoms with E-state index in [1.54, 1.807) is 6.92 Å². The Morgan fingerprint density at radius 3 is 2.20 bits per heavy atom. The van der Waals surface area contributed by atoms with Crippen LogP contribution < -0.4 is 16.4 Å². The predicted octanol–water partition coefficient (Wildman–Crippen LogP) is 1.31. The molecule has 0 aromatic carbocycles. The summed E-state index contributed by atoms with van der Waals surface area (Å²) in [7, 11) is 0. The summed E-state index contributed by atoms with van der Waals surface area (Å²) in [4.78, 5) is 24.1. The average Bonchev–Trinajstić information content (AvgIpc) is 2.34. The zero-order chi connectivity index (χ0) is 15.3.